The van der Waals surface area contributed by atoms with Crippen molar-refractivity contribution in [3.8, 4) is 0 Å². The van der Waals surface area contributed by atoms with Crippen molar-refractivity contribution in [3.05, 3.63) is 0 Å². The van der Waals surface area contributed by atoms with Gasteiger partial charge in [0.2, 0.25) is 0 Å². The van der Waals surface area contributed by atoms with Crippen LogP contribution in [0.15, 0.2) is 0 Å². The molecule has 2 aliphatic heterocycles. The lowest BCUT2D eigenvalue weighted by atomic mass is 9.81. The van der Waals surface area contributed by atoms with E-state index < -0.39 is 0 Å². The summed E-state index contributed by atoms with van der Waals surface area (Å²) in [5.74, 6) is 0. The molecule has 0 spiro atoms. The van der Waals surface area contributed by atoms with Gasteiger partial charge in [0.1, 0.15) is 0 Å². The van der Waals surface area contributed by atoms with Crippen LogP contribution in [0.2, 0.25) is 0 Å². The molecule has 1 unspecified atom stereocenters. The zero-order valence-corrected chi connectivity index (χ0v) is 15.7. The Morgan fingerprint density at radius 3 is 2.09 bits per heavy atom. The highest BCUT2D eigenvalue weighted by Crippen LogP contribution is 2.33. The van der Waals surface area contributed by atoms with E-state index in [9.17, 15) is 0 Å². The molecule has 2 heterocycles. The number of ether oxygens (including phenoxy) is 1. The van der Waals surface area contributed by atoms with Crippen molar-refractivity contribution in [2.75, 3.05) is 59.9 Å². The Morgan fingerprint density at radius 2 is 1.55 bits per heavy atom. The Morgan fingerprint density at radius 1 is 0.909 bits per heavy atom. The first-order valence-electron chi connectivity index (χ1n) is 8.93. The lowest BCUT2D eigenvalue weighted by Crippen LogP contribution is -2.49. The maximum Gasteiger partial charge on any atom is 0.0721 e. The molecule has 2 rings (SSSR count). The second kappa shape index (κ2) is 7.16. The third-order valence-electron chi connectivity index (χ3n) is 4.99. The normalized spacial score (nSPS) is 26.7. The van der Waals surface area contributed by atoms with Gasteiger partial charge in [0.15, 0.2) is 0 Å². The SMILES string of the molecule is CN1CCN(CC(C)(C)CC(C)(C)OC2CCN(C)C2)CC1. The minimum Gasteiger partial charge on any atom is -0.371 e. The monoisotopic (exact) mass is 311 g/mol. The number of likely N-dealkylation sites (N-methyl/N-ethyl adjacent to an activating group) is 2. The van der Waals surface area contributed by atoms with E-state index in [-0.39, 0.29) is 5.60 Å². The largest absolute Gasteiger partial charge is 0.371 e. The van der Waals surface area contributed by atoms with Gasteiger partial charge in [-0.15, -0.1) is 0 Å². The molecule has 0 saturated carbocycles. The average Bonchev–Trinajstić information content (AvgIpc) is 2.75. The van der Waals surface area contributed by atoms with Gasteiger partial charge in [-0.05, 0) is 46.2 Å². The first kappa shape index (κ1) is 18.2. The Hall–Kier alpha value is -0.160. The van der Waals surface area contributed by atoms with Gasteiger partial charge in [0, 0.05) is 45.8 Å². The van der Waals surface area contributed by atoms with E-state index in [4.69, 9.17) is 4.74 Å². The maximum atomic E-state index is 6.44. The first-order chi connectivity index (χ1) is 10.2. The molecule has 0 radical (unpaired) electrons. The molecule has 4 heteroatoms. The minimum absolute atomic E-state index is 0.0358. The fraction of sp³-hybridized carbons (Fsp3) is 1.00. The fourth-order valence-corrected chi connectivity index (χ4v) is 4.30. The van der Waals surface area contributed by atoms with Crippen LogP contribution in [-0.4, -0.2) is 86.3 Å². The van der Waals surface area contributed by atoms with Crippen LogP contribution in [0.3, 0.4) is 0 Å². The van der Waals surface area contributed by atoms with Crippen LogP contribution >= 0.6 is 0 Å². The number of piperazine rings is 1. The van der Waals surface area contributed by atoms with E-state index >= 15 is 0 Å². The number of nitrogens with zero attached hydrogens (tertiary/aromatic N) is 3. The smallest absolute Gasteiger partial charge is 0.0721 e. The third kappa shape index (κ3) is 5.80. The van der Waals surface area contributed by atoms with Gasteiger partial charge in [-0.1, -0.05) is 13.8 Å². The minimum atomic E-state index is -0.0358. The molecule has 1 atom stereocenters. The summed E-state index contributed by atoms with van der Waals surface area (Å²) in [5, 5.41) is 0. The van der Waals surface area contributed by atoms with Crippen molar-refractivity contribution in [1.29, 1.82) is 0 Å². The molecule has 0 aliphatic carbocycles. The van der Waals surface area contributed by atoms with Crippen molar-refractivity contribution in [2.45, 2.75) is 52.2 Å². The first-order valence-corrected chi connectivity index (χ1v) is 8.93. The predicted octanol–water partition coefficient (Wildman–Crippen LogP) is 2.15. The molecule has 0 aromatic carbocycles. The van der Waals surface area contributed by atoms with Gasteiger partial charge in [0.05, 0.1) is 11.7 Å². The summed E-state index contributed by atoms with van der Waals surface area (Å²) in [6.45, 7) is 17.6. The molecular weight excluding hydrogens is 274 g/mol. The van der Waals surface area contributed by atoms with Gasteiger partial charge in [0.25, 0.3) is 0 Å². The van der Waals surface area contributed by atoms with Gasteiger partial charge in [-0.3, -0.25) is 0 Å². The summed E-state index contributed by atoms with van der Waals surface area (Å²) in [6, 6.07) is 0. The highest BCUT2D eigenvalue weighted by atomic mass is 16.5. The summed E-state index contributed by atoms with van der Waals surface area (Å²) in [7, 11) is 4.41. The molecule has 0 aromatic heterocycles. The number of hydrogen-bond acceptors (Lipinski definition) is 4. The fourth-order valence-electron chi connectivity index (χ4n) is 4.30. The molecule has 0 amide bonds. The van der Waals surface area contributed by atoms with Gasteiger partial charge >= 0.3 is 0 Å². The average molecular weight is 312 g/mol. The highest BCUT2D eigenvalue weighted by molar-refractivity contribution is 4.86. The van der Waals surface area contributed by atoms with Crippen LogP contribution in [0.1, 0.15) is 40.5 Å². The van der Waals surface area contributed by atoms with Crippen molar-refractivity contribution in [1.82, 2.24) is 14.7 Å². The number of rotatable bonds is 6. The molecule has 2 aliphatic rings. The molecule has 130 valence electrons. The molecular formula is C18H37N3O. The van der Waals surface area contributed by atoms with E-state index in [0.717, 1.165) is 13.0 Å². The standard InChI is InChI=1S/C18H37N3O/c1-17(2,15-21-11-9-19(5)10-12-21)14-18(3,4)22-16-7-8-20(6)13-16/h16H,7-15H2,1-6H3. The Balaban J connectivity index is 1.81. The summed E-state index contributed by atoms with van der Waals surface area (Å²) >= 11 is 0. The summed E-state index contributed by atoms with van der Waals surface area (Å²) in [5.41, 5.74) is 0.260. The van der Waals surface area contributed by atoms with Gasteiger partial charge < -0.3 is 19.4 Å². The summed E-state index contributed by atoms with van der Waals surface area (Å²) < 4.78 is 6.44. The molecule has 0 bridgehead atoms. The number of likely N-dealkylation sites (tertiary alicyclic amines) is 1. The van der Waals surface area contributed by atoms with Crippen LogP contribution < -0.4 is 0 Å². The molecule has 0 aromatic rings. The van der Waals surface area contributed by atoms with E-state index in [1.165, 1.54) is 45.7 Å². The molecule has 0 N–H and O–H groups in total. The van der Waals surface area contributed by atoms with Crippen LogP contribution in [0.4, 0.5) is 0 Å². The third-order valence-corrected chi connectivity index (χ3v) is 4.99. The van der Waals surface area contributed by atoms with Crippen LogP contribution in [0, 0.1) is 5.41 Å². The van der Waals surface area contributed by atoms with Crippen molar-refractivity contribution >= 4 is 0 Å². The van der Waals surface area contributed by atoms with Gasteiger partial charge in [-0.2, -0.15) is 0 Å². The summed E-state index contributed by atoms with van der Waals surface area (Å²) in [6.07, 6.45) is 2.71. The zero-order valence-electron chi connectivity index (χ0n) is 15.7. The van der Waals surface area contributed by atoms with Crippen LogP contribution in [-0.2, 0) is 4.74 Å². The Kier molecular flexibility index (Phi) is 5.92. The molecule has 4 nitrogen and oxygen atoms in total. The lowest BCUT2D eigenvalue weighted by molar-refractivity contribution is -0.0904. The van der Waals surface area contributed by atoms with Crippen molar-refractivity contribution in [3.63, 3.8) is 0 Å². The topological polar surface area (TPSA) is 19.0 Å². The van der Waals surface area contributed by atoms with Crippen molar-refractivity contribution < 1.29 is 4.74 Å². The van der Waals surface area contributed by atoms with Crippen LogP contribution in [0.5, 0.6) is 0 Å². The molecule has 22 heavy (non-hydrogen) atoms. The van der Waals surface area contributed by atoms with Crippen molar-refractivity contribution in [2.24, 2.45) is 5.41 Å². The van der Waals surface area contributed by atoms with E-state index in [0.29, 0.717) is 11.5 Å². The quantitative estimate of drug-likeness (QED) is 0.748. The lowest BCUT2D eigenvalue weighted by Gasteiger charge is -2.41. The maximum absolute atomic E-state index is 6.44. The van der Waals surface area contributed by atoms with E-state index in [2.05, 4.69) is 56.5 Å². The Labute approximate surface area is 137 Å². The predicted molar refractivity (Wildman–Crippen MR) is 93.4 cm³/mol. The summed E-state index contributed by atoms with van der Waals surface area (Å²) in [4.78, 5) is 7.42. The number of hydrogen-bond donors (Lipinski definition) is 0. The van der Waals surface area contributed by atoms with Gasteiger partial charge in [-0.25, -0.2) is 0 Å². The second-order valence-corrected chi connectivity index (χ2v) is 8.97. The highest BCUT2D eigenvalue weighted by Gasteiger charge is 2.34. The van der Waals surface area contributed by atoms with E-state index in [1.807, 2.05) is 0 Å². The molecule has 2 saturated heterocycles. The van der Waals surface area contributed by atoms with E-state index in [1.54, 1.807) is 0 Å². The van der Waals surface area contributed by atoms with Crippen LogP contribution in [0.25, 0.3) is 0 Å². The zero-order chi connectivity index (χ0) is 16.4. The Bertz CT molecular complexity index is 348. The second-order valence-electron chi connectivity index (χ2n) is 8.97. The molecule has 2 fully saturated rings.